The number of methoxy groups -OCH3 is 1. The first-order chi connectivity index (χ1) is 9.22. The van der Waals surface area contributed by atoms with Gasteiger partial charge in [-0.1, -0.05) is 11.6 Å². The van der Waals surface area contributed by atoms with Gasteiger partial charge in [-0.15, -0.1) is 0 Å². The molecule has 1 aliphatic rings. The second-order valence-corrected chi connectivity index (χ2v) is 5.34. The minimum Gasteiger partial charge on any atom is -0.492 e. The van der Waals surface area contributed by atoms with Crippen molar-refractivity contribution in [1.29, 1.82) is 0 Å². The Kier molecular flexibility index (Phi) is 5.34. The fourth-order valence-corrected chi connectivity index (χ4v) is 2.78. The molecule has 0 radical (unpaired) electrons. The zero-order valence-electron chi connectivity index (χ0n) is 11.6. The molecule has 0 bridgehead atoms. The van der Waals surface area contributed by atoms with E-state index in [2.05, 4.69) is 5.32 Å². The number of hydrogen-bond donors (Lipinski definition) is 1. The van der Waals surface area contributed by atoms with Gasteiger partial charge in [-0.25, -0.2) is 0 Å². The summed E-state index contributed by atoms with van der Waals surface area (Å²) in [7, 11) is 1.80. The Morgan fingerprint density at radius 2 is 2.00 bits per heavy atom. The summed E-state index contributed by atoms with van der Waals surface area (Å²) >= 11 is 6.19. The first-order valence-electron chi connectivity index (χ1n) is 6.94. The highest BCUT2D eigenvalue weighted by Crippen LogP contribution is 2.30. The molecule has 3 nitrogen and oxygen atoms in total. The molecular weight excluding hydrogens is 262 g/mol. The summed E-state index contributed by atoms with van der Waals surface area (Å²) < 4.78 is 10.8. The lowest BCUT2D eigenvalue weighted by Crippen LogP contribution is -2.29. The fraction of sp³-hybridized carbons (Fsp3) is 0.600. The van der Waals surface area contributed by atoms with Crippen LogP contribution in [-0.4, -0.2) is 25.9 Å². The third-order valence-electron chi connectivity index (χ3n) is 3.61. The van der Waals surface area contributed by atoms with E-state index in [0.29, 0.717) is 23.8 Å². The third-order valence-corrected chi connectivity index (χ3v) is 3.91. The summed E-state index contributed by atoms with van der Waals surface area (Å²) in [6.07, 6.45) is 4.96. The summed E-state index contributed by atoms with van der Waals surface area (Å²) in [6.45, 7) is 2.59. The monoisotopic (exact) mass is 283 g/mol. The molecule has 4 heteroatoms. The van der Waals surface area contributed by atoms with Gasteiger partial charge in [-0.05, 0) is 50.8 Å². The van der Waals surface area contributed by atoms with Gasteiger partial charge >= 0.3 is 0 Å². The van der Waals surface area contributed by atoms with Crippen LogP contribution >= 0.6 is 11.6 Å². The van der Waals surface area contributed by atoms with Gasteiger partial charge in [0.1, 0.15) is 5.75 Å². The van der Waals surface area contributed by atoms with E-state index in [-0.39, 0.29) is 0 Å². The molecule has 1 aromatic rings. The van der Waals surface area contributed by atoms with Crippen LogP contribution < -0.4 is 10.1 Å². The molecule has 0 heterocycles. The second kappa shape index (κ2) is 7.01. The maximum atomic E-state index is 6.19. The lowest BCUT2D eigenvalue weighted by Gasteiger charge is -2.29. The fourth-order valence-electron chi connectivity index (χ4n) is 2.54. The molecule has 1 fully saturated rings. The molecule has 1 aromatic carbocycles. The van der Waals surface area contributed by atoms with E-state index in [1.165, 1.54) is 0 Å². The van der Waals surface area contributed by atoms with Crippen LogP contribution in [0.25, 0.3) is 0 Å². The maximum Gasteiger partial charge on any atom is 0.138 e. The smallest absolute Gasteiger partial charge is 0.138 e. The lowest BCUT2D eigenvalue weighted by atomic mass is 9.93. The van der Waals surface area contributed by atoms with E-state index in [0.717, 1.165) is 37.1 Å². The van der Waals surface area contributed by atoms with Crippen LogP contribution in [-0.2, 0) is 4.74 Å². The Morgan fingerprint density at radius 3 is 2.58 bits per heavy atom. The summed E-state index contributed by atoms with van der Waals surface area (Å²) in [5.74, 6) is 0.748. The van der Waals surface area contributed by atoms with Gasteiger partial charge in [0.15, 0.2) is 0 Å². The minimum absolute atomic E-state index is 0.432. The summed E-state index contributed by atoms with van der Waals surface area (Å²) in [4.78, 5) is 0. The van der Waals surface area contributed by atoms with Gasteiger partial charge in [0.05, 0.1) is 17.7 Å². The predicted molar refractivity (Wildman–Crippen MR) is 79.3 cm³/mol. The highest BCUT2D eigenvalue weighted by Gasteiger charge is 2.20. The number of ether oxygens (including phenoxy) is 2. The molecule has 1 aliphatic carbocycles. The van der Waals surface area contributed by atoms with Crippen LogP contribution in [0.15, 0.2) is 18.2 Å². The molecule has 106 valence electrons. The number of benzene rings is 1. The normalized spacial score (nSPS) is 23.1. The van der Waals surface area contributed by atoms with Gasteiger partial charge in [0.25, 0.3) is 0 Å². The average molecular weight is 284 g/mol. The van der Waals surface area contributed by atoms with Crippen molar-refractivity contribution in [2.45, 2.75) is 44.8 Å². The first kappa shape index (κ1) is 14.5. The largest absolute Gasteiger partial charge is 0.492 e. The van der Waals surface area contributed by atoms with Gasteiger partial charge < -0.3 is 14.8 Å². The maximum absolute atomic E-state index is 6.19. The van der Waals surface area contributed by atoms with Crippen molar-refractivity contribution in [3.05, 3.63) is 23.2 Å². The third kappa shape index (κ3) is 4.02. The number of halogens is 1. The van der Waals surface area contributed by atoms with Crippen molar-refractivity contribution in [1.82, 2.24) is 0 Å². The van der Waals surface area contributed by atoms with Crippen LogP contribution in [0.1, 0.15) is 32.6 Å². The van der Waals surface area contributed by atoms with Crippen LogP contribution in [0.5, 0.6) is 5.75 Å². The number of rotatable bonds is 5. The van der Waals surface area contributed by atoms with E-state index >= 15 is 0 Å². The molecule has 1 saturated carbocycles. The van der Waals surface area contributed by atoms with Crippen molar-refractivity contribution in [3.8, 4) is 5.75 Å². The lowest BCUT2D eigenvalue weighted by molar-refractivity contribution is 0.0682. The standard InChI is InChI=1S/C15H22ClNO2/c1-3-19-15-9-6-12(10-14(15)16)17-11-4-7-13(18-2)8-5-11/h6,9-11,13,17H,3-5,7-8H2,1-2H3. The summed E-state index contributed by atoms with van der Waals surface area (Å²) in [6, 6.07) is 6.41. The molecule has 19 heavy (non-hydrogen) atoms. The van der Waals surface area contributed by atoms with Crippen molar-refractivity contribution < 1.29 is 9.47 Å². The van der Waals surface area contributed by atoms with Crippen LogP contribution in [0.3, 0.4) is 0 Å². The van der Waals surface area contributed by atoms with Crippen molar-refractivity contribution in [2.24, 2.45) is 0 Å². The first-order valence-corrected chi connectivity index (χ1v) is 7.32. The SMILES string of the molecule is CCOc1ccc(NC2CCC(OC)CC2)cc1Cl. The van der Waals surface area contributed by atoms with E-state index in [1.54, 1.807) is 7.11 Å². The van der Waals surface area contributed by atoms with Crippen molar-refractivity contribution in [2.75, 3.05) is 19.0 Å². The average Bonchev–Trinajstić information content (AvgIpc) is 2.43. The van der Waals surface area contributed by atoms with E-state index in [1.807, 2.05) is 25.1 Å². The molecule has 0 unspecified atom stereocenters. The van der Waals surface area contributed by atoms with Gasteiger partial charge in [-0.3, -0.25) is 0 Å². The molecule has 0 spiro atoms. The topological polar surface area (TPSA) is 30.5 Å². The zero-order chi connectivity index (χ0) is 13.7. The number of hydrogen-bond acceptors (Lipinski definition) is 3. The Morgan fingerprint density at radius 1 is 1.26 bits per heavy atom. The van der Waals surface area contributed by atoms with Crippen LogP contribution in [0.4, 0.5) is 5.69 Å². The minimum atomic E-state index is 0.432. The highest BCUT2D eigenvalue weighted by atomic mass is 35.5. The molecule has 0 aromatic heterocycles. The molecule has 2 rings (SSSR count). The number of nitrogens with one attached hydrogen (secondary N) is 1. The summed E-state index contributed by atoms with van der Waals surface area (Å²) in [5, 5.41) is 4.20. The molecular formula is C15H22ClNO2. The predicted octanol–water partition coefficient (Wildman–Crippen LogP) is 4.11. The van der Waals surface area contributed by atoms with E-state index < -0.39 is 0 Å². The Hall–Kier alpha value is -0.930. The van der Waals surface area contributed by atoms with Crippen molar-refractivity contribution in [3.63, 3.8) is 0 Å². The quantitative estimate of drug-likeness (QED) is 0.882. The van der Waals surface area contributed by atoms with E-state index in [4.69, 9.17) is 21.1 Å². The second-order valence-electron chi connectivity index (χ2n) is 4.93. The number of anilines is 1. The Bertz CT molecular complexity index is 403. The van der Waals surface area contributed by atoms with Crippen LogP contribution in [0.2, 0.25) is 5.02 Å². The Labute approximate surface area is 120 Å². The van der Waals surface area contributed by atoms with Gasteiger partial charge in [-0.2, -0.15) is 0 Å². The molecule has 0 aliphatic heterocycles. The molecule has 0 atom stereocenters. The highest BCUT2D eigenvalue weighted by molar-refractivity contribution is 6.32. The van der Waals surface area contributed by atoms with Gasteiger partial charge in [0, 0.05) is 18.8 Å². The molecule has 1 N–H and O–H groups in total. The molecule has 0 amide bonds. The zero-order valence-corrected chi connectivity index (χ0v) is 12.4. The van der Waals surface area contributed by atoms with Crippen LogP contribution in [0, 0.1) is 0 Å². The van der Waals surface area contributed by atoms with Crippen molar-refractivity contribution >= 4 is 17.3 Å². The molecule has 0 saturated heterocycles. The summed E-state index contributed by atoms with van der Waals surface area (Å²) in [5.41, 5.74) is 1.06. The van der Waals surface area contributed by atoms with Gasteiger partial charge in [0.2, 0.25) is 0 Å². The Balaban J connectivity index is 1.91. The van der Waals surface area contributed by atoms with E-state index in [9.17, 15) is 0 Å².